The molecular formula is C14H27N3O3. The highest BCUT2D eigenvalue weighted by molar-refractivity contribution is 5.74. The van der Waals surface area contributed by atoms with Crippen molar-refractivity contribution in [2.24, 2.45) is 5.92 Å². The molecule has 0 saturated carbocycles. The lowest BCUT2D eigenvalue weighted by Crippen LogP contribution is -2.46. The predicted molar refractivity (Wildman–Crippen MR) is 77.7 cm³/mol. The van der Waals surface area contributed by atoms with Crippen molar-refractivity contribution in [2.45, 2.75) is 51.6 Å². The molecule has 3 unspecified atom stereocenters. The van der Waals surface area contributed by atoms with Crippen molar-refractivity contribution in [1.82, 2.24) is 15.5 Å². The van der Waals surface area contributed by atoms with Gasteiger partial charge in [0.2, 0.25) is 0 Å². The van der Waals surface area contributed by atoms with E-state index in [1.807, 2.05) is 14.0 Å². The summed E-state index contributed by atoms with van der Waals surface area (Å²) in [6.45, 7) is 5.58. The van der Waals surface area contributed by atoms with E-state index in [1.165, 1.54) is 0 Å². The van der Waals surface area contributed by atoms with Crippen LogP contribution in [0.5, 0.6) is 0 Å². The number of hydrogen-bond donors (Lipinski definition) is 3. The molecule has 6 nitrogen and oxygen atoms in total. The zero-order valence-corrected chi connectivity index (χ0v) is 12.7. The number of carboxylic acid groups (broad SMARTS) is 1. The maximum atomic E-state index is 11.8. The lowest BCUT2D eigenvalue weighted by Gasteiger charge is -2.18. The second-order valence-corrected chi connectivity index (χ2v) is 5.94. The van der Waals surface area contributed by atoms with Gasteiger partial charge in [0.1, 0.15) is 0 Å². The zero-order valence-electron chi connectivity index (χ0n) is 12.7. The number of hydrogen-bond acceptors (Lipinski definition) is 3. The normalized spacial score (nSPS) is 22.2. The monoisotopic (exact) mass is 285 g/mol. The van der Waals surface area contributed by atoms with Crippen LogP contribution >= 0.6 is 0 Å². The highest BCUT2D eigenvalue weighted by atomic mass is 16.4. The van der Waals surface area contributed by atoms with Gasteiger partial charge in [-0.15, -0.1) is 0 Å². The number of amides is 2. The first-order valence-electron chi connectivity index (χ1n) is 7.37. The van der Waals surface area contributed by atoms with Crippen molar-refractivity contribution in [1.29, 1.82) is 0 Å². The first-order chi connectivity index (χ1) is 9.38. The predicted octanol–water partition coefficient (Wildman–Crippen LogP) is 1.27. The molecule has 1 saturated heterocycles. The number of aliphatic carboxylic acids is 1. The van der Waals surface area contributed by atoms with Crippen LogP contribution in [0.4, 0.5) is 4.79 Å². The fourth-order valence-electron chi connectivity index (χ4n) is 2.43. The van der Waals surface area contributed by atoms with E-state index in [0.717, 1.165) is 32.4 Å². The van der Waals surface area contributed by atoms with Gasteiger partial charge in [-0.2, -0.15) is 0 Å². The first-order valence-corrected chi connectivity index (χ1v) is 7.37. The van der Waals surface area contributed by atoms with Gasteiger partial charge in [-0.05, 0) is 39.8 Å². The molecule has 116 valence electrons. The molecule has 0 aromatic heterocycles. The second kappa shape index (κ2) is 8.09. The van der Waals surface area contributed by atoms with Gasteiger partial charge in [0, 0.05) is 18.6 Å². The maximum absolute atomic E-state index is 11.8. The number of likely N-dealkylation sites (tertiary alicyclic amines) is 1. The summed E-state index contributed by atoms with van der Waals surface area (Å²) in [7, 11) is 2.05. The van der Waals surface area contributed by atoms with Gasteiger partial charge in [0.15, 0.2) is 0 Å². The van der Waals surface area contributed by atoms with Gasteiger partial charge in [0.25, 0.3) is 0 Å². The molecule has 1 aliphatic heterocycles. The molecule has 6 heteroatoms. The summed E-state index contributed by atoms with van der Waals surface area (Å²) in [5.74, 6) is -1.07. The number of carbonyl (C=O) groups is 2. The Labute approximate surface area is 120 Å². The van der Waals surface area contributed by atoms with E-state index in [0.29, 0.717) is 6.42 Å². The molecule has 0 aromatic rings. The minimum Gasteiger partial charge on any atom is -0.481 e. The van der Waals surface area contributed by atoms with E-state index in [2.05, 4.69) is 15.5 Å². The minimum atomic E-state index is -0.756. The Morgan fingerprint density at radius 1 is 1.35 bits per heavy atom. The number of likely N-dealkylation sites (N-methyl/N-ethyl adjacent to an activating group) is 1. The van der Waals surface area contributed by atoms with Gasteiger partial charge in [-0.25, -0.2) is 4.79 Å². The first kappa shape index (κ1) is 16.8. The lowest BCUT2D eigenvalue weighted by atomic mass is 10.0. The standard InChI is InChI=1S/C14H27N3O3/c1-10(13(18)19)5-4-6-11(2)15-14(20)16-12-7-8-17(3)9-12/h10-12H,4-9H2,1-3H3,(H,18,19)(H2,15,16,20). The molecule has 1 aliphatic rings. The third kappa shape index (κ3) is 6.23. The second-order valence-electron chi connectivity index (χ2n) is 5.94. The summed E-state index contributed by atoms with van der Waals surface area (Å²) < 4.78 is 0. The molecule has 1 heterocycles. The Morgan fingerprint density at radius 2 is 2.05 bits per heavy atom. The number of rotatable bonds is 7. The van der Waals surface area contributed by atoms with Crippen LogP contribution in [-0.4, -0.2) is 54.2 Å². The SMILES string of the molecule is CC(CCCC(C)C(=O)O)NC(=O)NC1CCN(C)C1. The lowest BCUT2D eigenvalue weighted by molar-refractivity contribution is -0.141. The van der Waals surface area contributed by atoms with Crippen molar-refractivity contribution in [3.8, 4) is 0 Å². The van der Waals surface area contributed by atoms with Crippen LogP contribution in [0.15, 0.2) is 0 Å². The van der Waals surface area contributed by atoms with Crippen LogP contribution in [0, 0.1) is 5.92 Å². The fourth-order valence-corrected chi connectivity index (χ4v) is 2.43. The Balaban J connectivity index is 2.13. The van der Waals surface area contributed by atoms with Crippen molar-refractivity contribution >= 4 is 12.0 Å². The van der Waals surface area contributed by atoms with Crippen LogP contribution < -0.4 is 10.6 Å². The number of carbonyl (C=O) groups excluding carboxylic acids is 1. The summed E-state index contributed by atoms with van der Waals surface area (Å²) in [6, 6.07) is 0.179. The highest BCUT2D eigenvalue weighted by Crippen LogP contribution is 2.10. The maximum Gasteiger partial charge on any atom is 0.315 e. The molecule has 1 rings (SSSR count). The van der Waals surface area contributed by atoms with Crippen LogP contribution in [0.25, 0.3) is 0 Å². The Bertz CT molecular complexity index is 336. The van der Waals surface area contributed by atoms with Crippen molar-refractivity contribution in [2.75, 3.05) is 20.1 Å². The van der Waals surface area contributed by atoms with Crippen LogP contribution in [-0.2, 0) is 4.79 Å². The third-order valence-corrected chi connectivity index (χ3v) is 3.80. The molecule has 3 atom stereocenters. The van der Waals surface area contributed by atoms with E-state index in [-0.39, 0.29) is 24.0 Å². The molecule has 0 bridgehead atoms. The molecular weight excluding hydrogens is 258 g/mol. The number of urea groups is 1. The minimum absolute atomic E-state index is 0.0649. The van der Waals surface area contributed by atoms with E-state index >= 15 is 0 Å². The molecule has 0 aromatic carbocycles. The van der Waals surface area contributed by atoms with Gasteiger partial charge in [0.05, 0.1) is 5.92 Å². The number of nitrogens with one attached hydrogen (secondary N) is 2. The Morgan fingerprint density at radius 3 is 2.60 bits per heavy atom. The highest BCUT2D eigenvalue weighted by Gasteiger charge is 2.21. The van der Waals surface area contributed by atoms with E-state index in [9.17, 15) is 9.59 Å². The molecule has 3 N–H and O–H groups in total. The number of nitrogens with zero attached hydrogens (tertiary/aromatic N) is 1. The summed E-state index contributed by atoms with van der Waals surface area (Å²) >= 11 is 0. The molecule has 20 heavy (non-hydrogen) atoms. The van der Waals surface area contributed by atoms with Crippen LogP contribution in [0.3, 0.4) is 0 Å². The van der Waals surface area contributed by atoms with Crippen molar-refractivity contribution in [3.05, 3.63) is 0 Å². The quantitative estimate of drug-likeness (QED) is 0.658. The average molecular weight is 285 g/mol. The summed E-state index contributed by atoms with van der Waals surface area (Å²) in [4.78, 5) is 24.7. The van der Waals surface area contributed by atoms with Crippen LogP contribution in [0.2, 0.25) is 0 Å². The molecule has 2 amide bonds. The third-order valence-electron chi connectivity index (χ3n) is 3.80. The molecule has 0 aliphatic carbocycles. The summed E-state index contributed by atoms with van der Waals surface area (Å²) in [5, 5.41) is 14.7. The van der Waals surface area contributed by atoms with Crippen molar-refractivity contribution < 1.29 is 14.7 Å². The van der Waals surface area contributed by atoms with Crippen molar-refractivity contribution in [3.63, 3.8) is 0 Å². The van der Waals surface area contributed by atoms with Crippen LogP contribution in [0.1, 0.15) is 39.5 Å². The number of carboxylic acids is 1. The fraction of sp³-hybridized carbons (Fsp3) is 0.857. The summed E-state index contributed by atoms with van der Waals surface area (Å²) in [5.41, 5.74) is 0. The Hall–Kier alpha value is -1.30. The van der Waals surface area contributed by atoms with E-state index in [4.69, 9.17) is 5.11 Å². The molecule has 0 radical (unpaired) electrons. The van der Waals surface area contributed by atoms with Gasteiger partial charge < -0.3 is 20.6 Å². The zero-order chi connectivity index (χ0) is 15.1. The summed E-state index contributed by atoms with van der Waals surface area (Å²) in [6.07, 6.45) is 3.25. The molecule has 0 spiro atoms. The smallest absolute Gasteiger partial charge is 0.315 e. The average Bonchev–Trinajstić information content (AvgIpc) is 2.73. The molecule has 1 fully saturated rings. The van der Waals surface area contributed by atoms with Gasteiger partial charge in [-0.3, -0.25) is 4.79 Å². The van der Waals surface area contributed by atoms with Gasteiger partial charge >= 0.3 is 12.0 Å². The van der Waals surface area contributed by atoms with E-state index in [1.54, 1.807) is 6.92 Å². The van der Waals surface area contributed by atoms with E-state index < -0.39 is 5.97 Å². The largest absolute Gasteiger partial charge is 0.481 e. The topological polar surface area (TPSA) is 81.7 Å². The van der Waals surface area contributed by atoms with Gasteiger partial charge in [-0.1, -0.05) is 13.3 Å². The Kier molecular flexibility index (Phi) is 6.78.